The highest BCUT2D eigenvalue weighted by atomic mass is 32.2. The van der Waals surface area contributed by atoms with Gasteiger partial charge in [0.1, 0.15) is 17.3 Å². The van der Waals surface area contributed by atoms with Crippen LogP contribution in [0.1, 0.15) is 12.6 Å². The maximum absolute atomic E-state index is 15.0. The number of fused-ring (bicyclic) bond motifs is 1. The Morgan fingerprint density at radius 2 is 2.06 bits per heavy atom. The first kappa shape index (κ1) is 22.3. The van der Waals surface area contributed by atoms with Gasteiger partial charge in [-0.3, -0.25) is 14.7 Å². The van der Waals surface area contributed by atoms with E-state index in [1.807, 2.05) is 0 Å². The lowest BCUT2D eigenvalue weighted by atomic mass is 9.97. The van der Waals surface area contributed by atoms with Gasteiger partial charge in [0.05, 0.1) is 42.0 Å². The third kappa shape index (κ3) is 3.58. The number of anilines is 1. The molecule has 3 heterocycles. The normalized spacial score (nSPS) is 28.7. The van der Waals surface area contributed by atoms with E-state index >= 15 is 0 Å². The Morgan fingerprint density at radius 1 is 1.32 bits per heavy atom. The van der Waals surface area contributed by atoms with Crippen molar-refractivity contribution in [2.75, 3.05) is 29.5 Å². The molecule has 1 aliphatic carbocycles. The van der Waals surface area contributed by atoms with Crippen LogP contribution in [0.25, 0.3) is 11.1 Å². The number of ether oxygens (including phenoxy) is 1. The Kier molecular flexibility index (Phi) is 5.09. The Morgan fingerprint density at radius 3 is 2.65 bits per heavy atom. The number of hydrogen-bond acceptors (Lipinski definition) is 7. The standard InChI is InChI=1S/C23H21FN4O5S/c1-13(29)26-8-16-9-28(22(30)33-16)15-3-4-17(20(24)6-15)14-2-5-21(27-7-14)23(12-25)18-10-34(31,32)11-19(18)23/h2-7,16,18-19H,8-11H2,1H3,(H,26,29)/t16-,18-,19+,23+/m0/s1. The fourth-order valence-corrected chi connectivity index (χ4v) is 7.27. The molecule has 3 fully saturated rings. The lowest BCUT2D eigenvalue weighted by Gasteiger charge is -2.15. The Bertz CT molecular complexity index is 1320. The van der Waals surface area contributed by atoms with E-state index in [1.165, 1.54) is 30.2 Å². The molecule has 11 heteroatoms. The van der Waals surface area contributed by atoms with Crippen LogP contribution in [0.3, 0.4) is 0 Å². The second kappa shape index (κ2) is 7.77. The molecule has 0 bridgehead atoms. The number of pyridine rings is 1. The van der Waals surface area contributed by atoms with E-state index in [2.05, 4.69) is 16.4 Å². The number of cyclic esters (lactones) is 1. The van der Waals surface area contributed by atoms with E-state index in [4.69, 9.17) is 4.74 Å². The molecule has 0 spiro atoms. The molecule has 4 atom stereocenters. The van der Waals surface area contributed by atoms with Crippen LogP contribution in [0, 0.1) is 29.0 Å². The maximum Gasteiger partial charge on any atom is 0.414 e. The largest absolute Gasteiger partial charge is 0.442 e. The zero-order chi connectivity index (χ0) is 24.3. The number of nitriles is 1. The van der Waals surface area contributed by atoms with Crippen molar-refractivity contribution in [2.45, 2.75) is 18.4 Å². The SMILES string of the molecule is CC(=O)NC[C@H]1CN(c2ccc(-c3ccc([C@@]4(C#N)[C@@H]5CS(=O)(=O)C[C@@H]54)nc3)c(F)c2)C(=O)O1. The third-order valence-electron chi connectivity index (χ3n) is 6.81. The molecule has 176 valence electrons. The van der Waals surface area contributed by atoms with Crippen molar-refractivity contribution in [3.8, 4) is 17.2 Å². The minimum Gasteiger partial charge on any atom is -0.442 e. The smallest absolute Gasteiger partial charge is 0.414 e. The summed E-state index contributed by atoms with van der Waals surface area (Å²) in [7, 11) is -3.10. The molecule has 1 saturated carbocycles. The van der Waals surface area contributed by atoms with Crippen LogP contribution >= 0.6 is 0 Å². The summed E-state index contributed by atoms with van der Waals surface area (Å²) in [4.78, 5) is 28.9. The van der Waals surface area contributed by atoms with Gasteiger partial charge in [0.2, 0.25) is 5.91 Å². The molecule has 0 unspecified atom stereocenters. The monoisotopic (exact) mass is 484 g/mol. The first-order chi connectivity index (χ1) is 16.1. The van der Waals surface area contributed by atoms with Crippen LogP contribution in [0.2, 0.25) is 0 Å². The van der Waals surface area contributed by atoms with Crippen LogP contribution in [0.4, 0.5) is 14.9 Å². The summed E-state index contributed by atoms with van der Waals surface area (Å²) in [5.74, 6) is -1.29. The molecule has 1 aromatic heterocycles. The Hall–Kier alpha value is -3.52. The quantitative estimate of drug-likeness (QED) is 0.685. The lowest BCUT2D eigenvalue weighted by molar-refractivity contribution is -0.119. The van der Waals surface area contributed by atoms with Crippen molar-refractivity contribution in [3.63, 3.8) is 0 Å². The molecule has 34 heavy (non-hydrogen) atoms. The van der Waals surface area contributed by atoms with Gasteiger partial charge in [0.15, 0.2) is 9.84 Å². The molecule has 2 amide bonds. The van der Waals surface area contributed by atoms with E-state index in [0.717, 1.165) is 0 Å². The number of rotatable bonds is 5. The molecule has 2 aliphatic heterocycles. The fourth-order valence-electron chi connectivity index (χ4n) is 5.05. The highest BCUT2D eigenvalue weighted by Crippen LogP contribution is 2.63. The van der Waals surface area contributed by atoms with Crippen molar-refractivity contribution in [3.05, 3.63) is 48.0 Å². The van der Waals surface area contributed by atoms with Crippen molar-refractivity contribution in [2.24, 2.45) is 11.8 Å². The van der Waals surface area contributed by atoms with E-state index in [-0.39, 0.29) is 47.9 Å². The molecular formula is C23H21FN4O5S. The average molecular weight is 485 g/mol. The van der Waals surface area contributed by atoms with Crippen molar-refractivity contribution < 1.29 is 27.1 Å². The number of aromatic nitrogens is 1. The van der Waals surface area contributed by atoms with Crippen LogP contribution in [0.15, 0.2) is 36.5 Å². The summed E-state index contributed by atoms with van der Waals surface area (Å²) in [5.41, 5.74) is 0.708. The zero-order valence-corrected chi connectivity index (χ0v) is 19.0. The van der Waals surface area contributed by atoms with Gasteiger partial charge in [-0.2, -0.15) is 5.26 Å². The van der Waals surface area contributed by atoms with E-state index < -0.39 is 33.3 Å². The van der Waals surface area contributed by atoms with Crippen LogP contribution < -0.4 is 10.2 Å². The molecule has 0 radical (unpaired) electrons. The van der Waals surface area contributed by atoms with Crippen molar-refractivity contribution in [1.82, 2.24) is 10.3 Å². The van der Waals surface area contributed by atoms with Gasteiger partial charge in [-0.25, -0.2) is 17.6 Å². The summed E-state index contributed by atoms with van der Waals surface area (Å²) in [6.07, 6.45) is 0.329. The highest BCUT2D eigenvalue weighted by molar-refractivity contribution is 7.91. The van der Waals surface area contributed by atoms with E-state index in [0.29, 0.717) is 16.9 Å². The number of nitrogens with zero attached hydrogens (tertiary/aromatic N) is 3. The van der Waals surface area contributed by atoms with Gasteiger partial charge in [0, 0.05) is 36.1 Å². The van der Waals surface area contributed by atoms with Crippen LogP contribution in [0.5, 0.6) is 0 Å². The fraction of sp³-hybridized carbons (Fsp3) is 0.391. The molecule has 5 rings (SSSR count). The third-order valence-corrected chi connectivity index (χ3v) is 8.55. The number of nitrogens with one attached hydrogen (secondary N) is 1. The summed E-state index contributed by atoms with van der Waals surface area (Å²) < 4.78 is 43.8. The number of amides is 2. The predicted molar refractivity (Wildman–Crippen MR) is 119 cm³/mol. The second-order valence-electron chi connectivity index (χ2n) is 8.92. The van der Waals surface area contributed by atoms with Gasteiger partial charge in [-0.15, -0.1) is 0 Å². The van der Waals surface area contributed by atoms with Crippen LogP contribution in [-0.4, -0.2) is 56.1 Å². The Labute approximate surface area is 195 Å². The van der Waals surface area contributed by atoms with Crippen LogP contribution in [-0.2, 0) is 24.8 Å². The van der Waals surface area contributed by atoms with Gasteiger partial charge in [-0.1, -0.05) is 6.07 Å². The summed E-state index contributed by atoms with van der Waals surface area (Å²) >= 11 is 0. The number of carbonyl (C=O) groups is 2. The van der Waals surface area contributed by atoms with E-state index in [1.54, 1.807) is 18.2 Å². The number of sulfone groups is 1. The molecule has 9 nitrogen and oxygen atoms in total. The zero-order valence-electron chi connectivity index (χ0n) is 18.2. The van der Waals surface area contributed by atoms with Gasteiger partial charge in [-0.05, 0) is 24.3 Å². The predicted octanol–water partition coefficient (Wildman–Crippen LogP) is 1.78. The van der Waals surface area contributed by atoms with Gasteiger partial charge in [0.25, 0.3) is 0 Å². The van der Waals surface area contributed by atoms with Gasteiger partial charge < -0.3 is 10.1 Å². The molecule has 1 aromatic carbocycles. The topological polar surface area (TPSA) is 129 Å². The minimum absolute atomic E-state index is 0.00461. The average Bonchev–Trinajstić information content (AvgIpc) is 3.05. The summed E-state index contributed by atoms with van der Waals surface area (Å²) in [5, 5.41) is 12.3. The Balaban J connectivity index is 1.33. The second-order valence-corrected chi connectivity index (χ2v) is 11.1. The summed E-state index contributed by atoms with van der Waals surface area (Å²) in [6, 6.07) is 9.95. The molecule has 1 N–H and O–H groups in total. The number of benzene rings is 1. The molecule has 3 aliphatic rings. The number of carbonyl (C=O) groups excluding carboxylic acids is 2. The highest BCUT2D eigenvalue weighted by Gasteiger charge is 2.72. The number of halogens is 1. The molecule has 2 aromatic rings. The van der Waals surface area contributed by atoms with Gasteiger partial charge >= 0.3 is 6.09 Å². The molecule has 2 saturated heterocycles. The van der Waals surface area contributed by atoms with E-state index in [9.17, 15) is 27.7 Å². The number of hydrogen-bond donors (Lipinski definition) is 1. The maximum atomic E-state index is 15.0. The molecular weight excluding hydrogens is 463 g/mol. The van der Waals surface area contributed by atoms with Crippen molar-refractivity contribution in [1.29, 1.82) is 5.26 Å². The van der Waals surface area contributed by atoms with Crippen molar-refractivity contribution >= 4 is 27.5 Å². The first-order valence-electron chi connectivity index (χ1n) is 10.8. The summed E-state index contributed by atoms with van der Waals surface area (Å²) in [6.45, 7) is 1.72. The first-order valence-corrected chi connectivity index (χ1v) is 12.6. The minimum atomic E-state index is -3.10. The lowest BCUT2D eigenvalue weighted by Crippen LogP contribution is -2.33.